The number of hydrogen-bond donors (Lipinski definition) is 1. The maximum absolute atomic E-state index is 12.0. The van der Waals surface area contributed by atoms with Crippen LogP contribution in [-0.4, -0.2) is 34.9 Å². The number of aromatic amines is 1. The van der Waals surface area contributed by atoms with Gasteiger partial charge in [-0.05, 0) is 43.0 Å². The first-order chi connectivity index (χ1) is 20.6. The topological polar surface area (TPSA) is 64.2 Å². The number of ether oxygens (including phenoxy) is 2. The minimum Gasteiger partial charge on any atom is -0.494 e. The predicted octanol–water partition coefficient (Wildman–Crippen LogP) is 9.85. The molecule has 0 aliphatic rings. The molecule has 0 atom stereocenters. The largest absolute Gasteiger partial charge is 0.494 e. The van der Waals surface area contributed by atoms with E-state index in [2.05, 4.69) is 53.5 Å². The zero-order valence-corrected chi connectivity index (χ0v) is 25.8. The third-order valence-electron chi connectivity index (χ3n) is 6.98. The van der Waals surface area contributed by atoms with E-state index in [0.717, 1.165) is 45.6 Å². The van der Waals surface area contributed by atoms with Gasteiger partial charge in [-0.2, -0.15) is 0 Å². The van der Waals surface area contributed by atoms with Crippen molar-refractivity contribution in [2.24, 2.45) is 5.92 Å². The van der Waals surface area contributed by atoms with Crippen LogP contribution in [0.2, 0.25) is 0 Å². The van der Waals surface area contributed by atoms with Crippen LogP contribution in [0.4, 0.5) is 0 Å². The highest BCUT2D eigenvalue weighted by molar-refractivity contribution is 7.99. The molecule has 0 aliphatic carbocycles. The van der Waals surface area contributed by atoms with Gasteiger partial charge < -0.3 is 14.5 Å². The minimum atomic E-state index is -0.276. The third kappa shape index (κ3) is 10.4. The maximum Gasteiger partial charge on any atom is 0.338 e. The Morgan fingerprint density at radius 3 is 2.00 bits per heavy atom. The number of thioether (sulfide) groups is 1. The molecule has 0 saturated heterocycles. The van der Waals surface area contributed by atoms with Crippen LogP contribution in [-0.2, 0) is 4.74 Å². The summed E-state index contributed by atoms with van der Waals surface area (Å²) in [6.45, 7) is 5.20. The summed E-state index contributed by atoms with van der Waals surface area (Å²) in [7, 11) is 0. The van der Waals surface area contributed by atoms with Gasteiger partial charge in [0.25, 0.3) is 0 Å². The van der Waals surface area contributed by atoms with Crippen LogP contribution in [0.15, 0.2) is 90.1 Å². The molecular weight excluding hydrogens is 540 g/mol. The molecule has 1 aromatic heterocycles. The lowest BCUT2D eigenvalue weighted by Crippen LogP contribution is -2.10. The van der Waals surface area contributed by atoms with Gasteiger partial charge >= 0.3 is 5.97 Å². The number of aromatic nitrogens is 2. The summed E-state index contributed by atoms with van der Waals surface area (Å²) in [6.07, 6.45) is 9.79. The first-order valence-corrected chi connectivity index (χ1v) is 16.3. The molecule has 0 bridgehead atoms. The lowest BCUT2D eigenvalue weighted by atomic mass is 10.1. The number of esters is 1. The van der Waals surface area contributed by atoms with Crippen molar-refractivity contribution in [2.75, 3.05) is 19.0 Å². The number of nitrogens with one attached hydrogen (secondary N) is 1. The quantitative estimate of drug-likeness (QED) is 0.0716. The standard InChI is InChI=1S/C36H44N2O3S/c1-28(2)27-41-35(39)31-21-23-32(24-22-31)40-25-15-7-5-3-4-6-8-16-26-42-36-37-33(29-17-11-9-12-18-29)34(38-36)30-19-13-10-14-20-30/h9-14,17-24,28H,3-8,15-16,25-27H2,1-2H3,(H,37,38). The van der Waals surface area contributed by atoms with Crippen LogP contribution < -0.4 is 4.74 Å². The number of nitrogens with zero attached hydrogens (tertiary/aromatic N) is 1. The number of unbranched alkanes of at least 4 members (excludes halogenated alkanes) is 7. The normalized spacial score (nSPS) is 11.1. The van der Waals surface area contributed by atoms with Gasteiger partial charge in [-0.15, -0.1) is 0 Å². The smallest absolute Gasteiger partial charge is 0.338 e. The van der Waals surface area contributed by atoms with Crippen molar-refractivity contribution in [3.05, 3.63) is 90.5 Å². The van der Waals surface area contributed by atoms with E-state index in [1.54, 1.807) is 12.1 Å². The van der Waals surface area contributed by atoms with Gasteiger partial charge in [-0.3, -0.25) is 0 Å². The Morgan fingerprint density at radius 2 is 1.36 bits per heavy atom. The van der Waals surface area contributed by atoms with Crippen LogP contribution in [0.5, 0.6) is 5.75 Å². The first-order valence-electron chi connectivity index (χ1n) is 15.3. The van der Waals surface area contributed by atoms with Gasteiger partial charge in [0, 0.05) is 16.9 Å². The van der Waals surface area contributed by atoms with Crippen molar-refractivity contribution in [3.63, 3.8) is 0 Å². The lowest BCUT2D eigenvalue weighted by Gasteiger charge is -2.09. The average Bonchev–Trinajstić information content (AvgIpc) is 3.46. The number of carbonyl (C=O) groups is 1. The molecule has 0 saturated carbocycles. The van der Waals surface area contributed by atoms with Crippen molar-refractivity contribution < 1.29 is 14.3 Å². The van der Waals surface area contributed by atoms with Gasteiger partial charge in [0.05, 0.1) is 30.2 Å². The highest BCUT2D eigenvalue weighted by Crippen LogP contribution is 2.32. The van der Waals surface area contributed by atoms with E-state index in [4.69, 9.17) is 14.5 Å². The highest BCUT2D eigenvalue weighted by Gasteiger charge is 2.14. The van der Waals surface area contributed by atoms with Crippen molar-refractivity contribution in [3.8, 4) is 28.3 Å². The van der Waals surface area contributed by atoms with Crippen molar-refractivity contribution >= 4 is 17.7 Å². The summed E-state index contributed by atoms with van der Waals surface area (Å²) < 4.78 is 11.1. The molecule has 3 aromatic carbocycles. The number of carbonyl (C=O) groups excluding carboxylic acids is 1. The Bertz CT molecular complexity index is 1260. The molecule has 42 heavy (non-hydrogen) atoms. The molecule has 0 amide bonds. The second-order valence-corrected chi connectivity index (χ2v) is 12.1. The molecule has 1 heterocycles. The first kappa shape index (κ1) is 31.4. The second kappa shape index (κ2) is 17.4. The SMILES string of the molecule is CC(C)COC(=O)c1ccc(OCCCCCCCCCCSc2nc(-c3ccccc3)c(-c3ccccc3)[nH]2)cc1. The van der Waals surface area contributed by atoms with E-state index in [0.29, 0.717) is 24.7 Å². The monoisotopic (exact) mass is 584 g/mol. The van der Waals surface area contributed by atoms with E-state index in [1.165, 1.54) is 44.9 Å². The van der Waals surface area contributed by atoms with Crippen LogP contribution in [0, 0.1) is 5.92 Å². The molecule has 0 fully saturated rings. The van der Waals surface area contributed by atoms with Crippen molar-refractivity contribution in [2.45, 2.75) is 70.4 Å². The maximum atomic E-state index is 12.0. The number of rotatable bonds is 18. The molecular formula is C36H44N2O3S. The zero-order chi connectivity index (χ0) is 29.4. The third-order valence-corrected chi connectivity index (χ3v) is 7.94. The molecule has 6 heteroatoms. The molecule has 1 N–H and O–H groups in total. The minimum absolute atomic E-state index is 0.276. The Kier molecular flexibility index (Phi) is 13.1. The van der Waals surface area contributed by atoms with Crippen molar-refractivity contribution in [1.29, 1.82) is 0 Å². The van der Waals surface area contributed by atoms with Gasteiger partial charge in [-0.1, -0.05) is 125 Å². The second-order valence-electron chi connectivity index (χ2n) is 11.0. The number of hydrogen-bond acceptors (Lipinski definition) is 5. The molecule has 5 nitrogen and oxygen atoms in total. The summed E-state index contributed by atoms with van der Waals surface area (Å²) >= 11 is 1.82. The zero-order valence-electron chi connectivity index (χ0n) is 25.0. The number of benzene rings is 3. The van der Waals surface area contributed by atoms with Gasteiger partial charge in [0.2, 0.25) is 0 Å². The van der Waals surface area contributed by atoms with Crippen molar-refractivity contribution in [1.82, 2.24) is 9.97 Å². The lowest BCUT2D eigenvalue weighted by molar-refractivity contribution is 0.0459. The van der Waals surface area contributed by atoms with Crippen LogP contribution >= 0.6 is 11.8 Å². The Morgan fingerprint density at radius 1 is 0.762 bits per heavy atom. The Balaban J connectivity index is 1.05. The summed E-state index contributed by atoms with van der Waals surface area (Å²) in [5.41, 5.74) is 4.98. The van der Waals surface area contributed by atoms with Crippen LogP contribution in [0.3, 0.4) is 0 Å². The Labute approximate surface area is 255 Å². The molecule has 4 rings (SSSR count). The summed E-state index contributed by atoms with van der Waals surface area (Å²) in [6, 6.07) is 28.1. The molecule has 4 aromatic rings. The summed E-state index contributed by atoms with van der Waals surface area (Å²) in [5, 5.41) is 0.995. The van der Waals surface area contributed by atoms with Crippen LogP contribution in [0.1, 0.15) is 75.6 Å². The fourth-order valence-corrected chi connectivity index (χ4v) is 5.55. The van der Waals surface area contributed by atoms with E-state index in [9.17, 15) is 4.79 Å². The highest BCUT2D eigenvalue weighted by atomic mass is 32.2. The van der Waals surface area contributed by atoms with E-state index < -0.39 is 0 Å². The number of H-pyrrole nitrogens is 1. The summed E-state index contributed by atoms with van der Waals surface area (Å²) in [5.74, 6) is 1.93. The van der Waals surface area contributed by atoms with Gasteiger partial charge in [0.15, 0.2) is 5.16 Å². The predicted molar refractivity (Wildman–Crippen MR) is 174 cm³/mol. The van der Waals surface area contributed by atoms with E-state index in [-0.39, 0.29) is 5.97 Å². The molecule has 0 spiro atoms. The fourth-order valence-electron chi connectivity index (χ4n) is 4.68. The fraction of sp³-hybridized carbons (Fsp3) is 0.389. The Hall–Kier alpha value is -3.51. The summed E-state index contributed by atoms with van der Waals surface area (Å²) in [4.78, 5) is 20.6. The molecule has 0 aliphatic heterocycles. The molecule has 0 unspecified atom stereocenters. The molecule has 0 radical (unpaired) electrons. The van der Waals surface area contributed by atoms with Gasteiger partial charge in [0.1, 0.15) is 5.75 Å². The molecule has 222 valence electrons. The van der Waals surface area contributed by atoms with E-state index in [1.807, 2.05) is 49.9 Å². The van der Waals surface area contributed by atoms with Gasteiger partial charge in [-0.25, -0.2) is 9.78 Å². The average molecular weight is 585 g/mol. The van der Waals surface area contributed by atoms with Crippen LogP contribution in [0.25, 0.3) is 22.5 Å². The number of imidazole rings is 1. The van der Waals surface area contributed by atoms with E-state index >= 15 is 0 Å².